The molecule has 4 nitrogen and oxygen atoms in total. The Morgan fingerprint density at radius 2 is 1.74 bits per heavy atom. The third-order valence-electron chi connectivity index (χ3n) is 5.28. The van der Waals surface area contributed by atoms with Crippen molar-refractivity contribution >= 4 is 44.9 Å². The van der Waals surface area contributed by atoms with Gasteiger partial charge in [-0.3, -0.25) is 14.5 Å². The molecular weight excluding hydrogens is 479 g/mol. The van der Waals surface area contributed by atoms with Crippen molar-refractivity contribution in [2.45, 2.75) is 27.3 Å². The van der Waals surface area contributed by atoms with E-state index in [-0.39, 0.29) is 23.5 Å². The molecule has 0 bridgehead atoms. The summed E-state index contributed by atoms with van der Waals surface area (Å²) in [6, 6.07) is 14.0. The number of halogens is 2. The second-order valence-corrected chi connectivity index (χ2v) is 9.34. The van der Waals surface area contributed by atoms with Gasteiger partial charge < -0.3 is 4.57 Å². The number of hydrogen-bond donors (Lipinski definition) is 0. The van der Waals surface area contributed by atoms with E-state index in [1.807, 2.05) is 39.0 Å². The van der Waals surface area contributed by atoms with Crippen molar-refractivity contribution in [2.24, 2.45) is 0 Å². The molecule has 31 heavy (non-hydrogen) atoms. The Labute approximate surface area is 192 Å². The van der Waals surface area contributed by atoms with E-state index in [1.165, 1.54) is 17.0 Å². The van der Waals surface area contributed by atoms with Crippen molar-refractivity contribution in [1.82, 2.24) is 9.47 Å². The number of benzene rings is 2. The lowest BCUT2D eigenvalue weighted by molar-refractivity contribution is -0.123. The lowest BCUT2D eigenvalue weighted by atomic mass is 10.2. The molecule has 2 amide bonds. The van der Waals surface area contributed by atoms with E-state index in [0.717, 1.165) is 44.4 Å². The molecule has 0 unspecified atom stereocenters. The molecule has 1 fully saturated rings. The van der Waals surface area contributed by atoms with Crippen LogP contribution in [0.15, 0.2) is 57.9 Å². The van der Waals surface area contributed by atoms with Gasteiger partial charge in [0.1, 0.15) is 5.82 Å². The van der Waals surface area contributed by atoms with E-state index in [2.05, 4.69) is 26.6 Å². The van der Waals surface area contributed by atoms with Crippen molar-refractivity contribution in [3.05, 3.63) is 91.8 Å². The van der Waals surface area contributed by atoms with Gasteiger partial charge in [-0.05, 0) is 91.7 Å². The zero-order valence-electron chi connectivity index (χ0n) is 17.3. The molecule has 158 valence electrons. The first-order chi connectivity index (χ1) is 14.7. The predicted octanol–water partition coefficient (Wildman–Crippen LogP) is 6.54. The smallest absolute Gasteiger partial charge is 0.293 e. The highest BCUT2D eigenvalue weighted by Gasteiger charge is 2.35. The average Bonchev–Trinajstić information content (AvgIpc) is 3.15. The van der Waals surface area contributed by atoms with Crippen molar-refractivity contribution in [1.29, 1.82) is 0 Å². The van der Waals surface area contributed by atoms with Crippen LogP contribution in [0, 0.1) is 26.6 Å². The summed E-state index contributed by atoms with van der Waals surface area (Å²) in [5, 5.41) is -0.321. The molecule has 1 saturated heterocycles. The number of carbonyl (C=O) groups is 2. The third-order valence-corrected chi connectivity index (χ3v) is 7.08. The highest BCUT2D eigenvalue weighted by atomic mass is 79.9. The molecule has 0 saturated carbocycles. The Morgan fingerprint density at radius 1 is 1.03 bits per heavy atom. The van der Waals surface area contributed by atoms with E-state index in [4.69, 9.17) is 0 Å². The Bertz CT molecular complexity index is 1230. The van der Waals surface area contributed by atoms with Gasteiger partial charge in [0, 0.05) is 21.5 Å². The first kappa shape index (κ1) is 21.6. The Morgan fingerprint density at radius 3 is 2.42 bits per heavy atom. The molecule has 0 radical (unpaired) electrons. The van der Waals surface area contributed by atoms with Gasteiger partial charge in [0.05, 0.1) is 11.4 Å². The van der Waals surface area contributed by atoms with E-state index in [0.29, 0.717) is 10.5 Å². The molecule has 0 N–H and O–H groups in total. The molecule has 1 aliphatic rings. The summed E-state index contributed by atoms with van der Waals surface area (Å²) in [5.74, 6) is -0.683. The van der Waals surface area contributed by atoms with Gasteiger partial charge in [-0.25, -0.2) is 4.39 Å². The molecule has 0 atom stereocenters. The summed E-state index contributed by atoms with van der Waals surface area (Å²) in [5.41, 5.74) is 5.80. The number of aryl methyl sites for hydroxylation is 2. The minimum absolute atomic E-state index is 0.124. The summed E-state index contributed by atoms with van der Waals surface area (Å²) < 4.78 is 16.3. The van der Waals surface area contributed by atoms with Crippen LogP contribution in [-0.2, 0) is 11.3 Å². The largest absolute Gasteiger partial charge is 0.318 e. The van der Waals surface area contributed by atoms with Crippen LogP contribution in [0.25, 0.3) is 11.8 Å². The van der Waals surface area contributed by atoms with Crippen LogP contribution in [0.5, 0.6) is 0 Å². The number of aromatic nitrogens is 1. The van der Waals surface area contributed by atoms with Crippen molar-refractivity contribution in [3.8, 4) is 5.69 Å². The van der Waals surface area contributed by atoms with E-state index in [9.17, 15) is 14.0 Å². The lowest BCUT2D eigenvalue weighted by Gasteiger charge is -2.12. The van der Waals surface area contributed by atoms with Gasteiger partial charge in [-0.1, -0.05) is 28.1 Å². The van der Waals surface area contributed by atoms with E-state index < -0.39 is 0 Å². The van der Waals surface area contributed by atoms with Crippen LogP contribution in [0.2, 0.25) is 0 Å². The van der Waals surface area contributed by atoms with Gasteiger partial charge in [-0.15, -0.1) is 0 Å². The Hall–Kier alpha value is -2.64. The maximum atomic E-state index is 13.1. The Balaban J connectivity index is 1.63. The zero-order valence-corrected chi connectivity index (χ0v) is 19.7. The molecule has 3 aromatic rings. The normalized spacial score (nSPS) is 15.4. The fourth-order valence-electron chi connectivity index (χ4n) is 3.65. The zero-order chi connectivity index (χ0) is 22.3. The number of carbonyl (C=O) groups excluding carboxylic acids is 2. The van der Waals surface area contributed by atoms with Crippen molar-refractivity contribution in [2.75, 3.05) is 0 Å². The summed E-state index contributed by atoms with van der Waals surface area (Å²) in [6.07, 6.45) is 1.78. The molecule has 1 aliphatic heterocycles. The number of amides is 2. The average molecular weight is 499 g/mol. The van der Waals surface area contributed by atoms with Gasteiger partial charge >= 0.3 is 0 Å². The molecule has 4 rings (SSSR count). The molecule has 7 heteroatoms. The van der Waals surface area contributed by atoms with Crippen molar-refractivity contribution < 1.29 is 14.0 Å². The summed E-state index contributed by atoms with van der Waals surface area (Å²) >= 11 is 4.47. The lowest BCUT2D eigenvalue weighted by Crippen LogP contribution is -2.27. The predicted molar refractivity (Wildman–Crippen MR) is 126 cm³/mol. The van der Waals surface area contributed by atoms with Gasteiger partial charge in [-0.2, -0.15) is 0 Å². The first-order valence-corrected chi connectivity index (χ1v) is 11.3. The summed E-state index contributed by atoms with van der Waals surface area (Å²) in [4.78, 5) is 26.9. The van der Waals surface area contributed by atoms with Gasteiger partial charge in [0.2, 0.25) is 0 Å². The van der Waals surface area contributed by atoms with Crippen LogP contribution < -0.4 is 0 Å². The monoisotopic (exact) mass is 498 g/mol. The summed E-state index contributed by atoms with van der Waals surface area (Å²) in [6.45, 7) is 6.18. The number of rotatable bonds is 4. The highest BCUT2D eigenvalue weighted by molar-refractivity contribution is 9.10. The fourth-order valence-corrected chi connectivity index (χ4v) is 4.72. The second kappa shape index (κ2) is 8.48. The molecule has 0 aliphatic carbocycles. The summed E-state index contributed by atoms with van der Waals surface area (Å²) in [7, 11) is 0. The quantitative estimate of drug-likeness (QED) is 0.383. The standard InChI is InChI=1S/C24H20BrFN2O2S/c1-14-10-20(8-9-21(14)25)28-15(2)11-18(16(28)3)12-22-23(29)27(24(30)31-22)13-17-4-6-19(26)7-5-17/h4-12H,13H2,1-3H3/b22-12-. The molecule has 0 spiro atoms. The topological polar surface area (TPSA) is 42.3 Å². The molecule has 2 aromatic carbocycles. The number of imide groups is 1. The van der Waals surface area contributed by atoms with Gasteiger partial charge in [0.25, 0.3) is 11.1 Å². The van der Waals surface area contributed by atoms with Gasteiger partial charge in [0.15, 0.2) is 0 Å². The van der Waals surface area contributed by atoms with Crippen molar-refractivity contribution in [3.63, 3.8) is 0 Å². The van der Waals surface area contributed by atoms with E-state index in [1.54, 1.807) is 18.2 Å². The second-order valence-electron chi connectivity index (χ2n) is 7.49. The SMILES string of the molecule is Cc1cc(-n2c(C)cc(/C=C3\SC(=O)N(Cc4ccc(F)cc4)C3=O)c2C)ccc1Br. The van der Waals surface area contributed by atoms with Crippen LogP contribution in [0.1, 0.15) is 28.1 Å². The number of nitrogens with zero attached hydrogens (tertiary/aromatic N) is 2. The minimum Gasteiger partial charge on any atom is -0.318 e. The molecular formula is C24H20BrFN2O2S. The third kappa shape index (κ3) is 4.25. The van der Waals surface area contributed by atoms with Crippen LogP contribution >= 0.6 is 27.7 Å². The maximum Gasteiger partial charge on any atom is 0.293 e. The van der Waals surface area contributed by atoms with Crippen LogP contribution in [0.4, 0.5) is 9.18 Å². The van der Waals surface area contributed by atoms with Crippen LogP contribution in [0.3, 0.4) is 0 Å². The fraction of sp³-hybridized carbons (Fsp3) is 0.167. The number of thioether (sulfide) groups is 1. The first-order valence-electron chi connectivity index (χ1n) is 9.70. The Kier molecular flexibility index (Phi) is 5.90. The number of hydrogen-bond acceptors (Lipinski definition) is 3. The maximum absolute atomic E-state index is 13.1. The molecule has 1 aromatic heterocycles. The highest BCUT2D eigenvalue weighted by Crippen LogP contribution is 2.35. The minimum atomic E-state index is -0.353. The van der Waals surface area contributed by atoms with Crippen LogP contribution in [-0.4, -0.2) is 20.6 Å². The molecule has 2 heterocycles. The van der Waals surface area contributed by atoms with E-state index >= 15 is 0 Å².